The number of ether oxygens (including phenoxy) is 1. The molecule has 0 unspecified atom stereocenters. The van der Waals surface area contributed by atoms with E-state index in [1.54, 1.807) is 24.3 Å². The Balaban J connectivity index is 2.21. The number of carboxylic acids is 1. The van der Waals surface area contributed by atoms with Crippen molar-refractivity contribution < 1.29 is 19.4 Å². The fraction of sp³-hybridized carbons (Fsp3) is 0.111. The molecule has 0 spiro atoms. The Hall–Kier alpha value is -2.60. The van der Waals surface area contributed by atoms with E-state index in [4.69, 9.17) is 4.74 Å². The molecule has 2 aromatic rings. The Morgan fingerprint density at radius 3 is 2.46 bits per heavy atom. The summed E-state index contributed by atoms with van der Waals surface area (Å²) >= 11 is 3.37. The van der Waals surface area contributed by atoms with Crippen LogP contribution in [0.3, 0.4) is 0 Å². The summed E-state index contributed by atoms with van der Waals surface area (Å²) in [6.07, 6.45) is 1.38. The number of halogens is 1. The van der Waals surface area contributed by atoms with E-state index in [2.05, 4.69) is 21.2 Å². The van der Waals surface area contributed by atoms with Crippen molar-refractivity contribution in [3.8, 4) is 5.75 Å². The van der Waals surface area contributed by atoms with E-state index in [0.29, 0.717) is 17.9 Å². The van der Waals surface area contributed by atoms with Crippen molar-refractivity contribution >= 4 is 33.9 Å². The number of nitrogens with one attached hydrogen (secondary N) is 1. The van der Waals surface area contributed by atoms with Gasteiger partial charge in [0.05, 0.1) is 0 Å². The first-order valence-corrected chi connectivity index (χ1v) is 7.94. The zero-order chi connectivity index (χ0) is 17.5. The topological polar surface area (TPSA) is 75.6 Å². The molecule has 5 nitrogen and oxygen atoms in total. The van der Waals surface area contributed by atoms with Gasteiger partial charge < -0.3 is 15.2 Å². The molecule has 124 valence electrons. The summed E-state index contributed by atoms with van der Waals surface area (Å²) in [5, 5.41) is 11.5. The van der Waals surface area contributed by atoms with E-state index < -0.39 is 11.9 Å². The molecule has 0 fully saturated rings. The van der Waals surface area contributed by atoms with Gasteiger partial charge in [0.15, 0.2) is 0 Å². The van der Waals surface area contributed by atoms with Crippen LogP contribution in [0.2, 0.25) is 0 Å². The van der Waals surface area contributed by atoms with Crippen LogP contribution < -0.4 is 10.1 Å². The highest BCUT2D eigenvalue weighted by atomic mass is 79.9. The predicted octanol–water partition coefficient (Wildman–Crippen LogP) is 3.59. The maximum absolute atomic E-state index is 11.2. The van der Waals surface area contributed by atoms with E-state index in [-0.39, 0.29) is 5.70 Å². The molecule has 0 saturated heterocycles. The van der Waals surface area contributed by atoms with Crippen molar-refractivity contribution in [2.45, 2.75) is 13.5 Å². The average molecular weight is 390 g/mol. The lowest BCUT2D eigenvalue weighted by Gasteiger charge is -2.10. The average Bonchev–Trinajstić information content (AvgIpc) is 2.54. The minimum absolute atomic E-state index is 0.206. The zero-order valence-corrected chi connectivity index (χ0v) is 14.5. The summed E-state index contributed by atoms with van der Waals surface area (Å²) in [7, 11) is 0. The lowest BCUT2D eigenvalue weighted by molar-refractivity contribution is -0.134. The van der Waals surface area contributed by atoms with Crippen molar-refractivity contribution in [1.82, 2.24) is 5.32 Å². The molecular weight excluding hydrogens is 374 g/mol. The number of para-hydroxylation sites is 1. The molecule has 1 amide bonds. The summed E-state index contributed by atoms with van der Waals surface area (Å²) in [6, 6.07) is 14.7. The van der Waals surface area contributed by atoms with Crippen LogP contribution in [0.25, 0.3) is 6.08 Å². The summed E-state index contributed by atoms with van der Waals surface area (Å²) in [5.74, 6) is -1.13. The van der Waals surface area contributed by atoms with Crippen LogP contribution >= 0.6 is 15.9 Å². The number of hydrogen-bond acceptors (Lipinski definition) is 3. The smallest absolute Gasteiger partial charge is 0.352 e. The highest BCUT2D eigenvalue weighted by molar-refractivity contribution is 9.10. The lowest BCUT2D eigenvalue weighted by atomic mass is 10.1. The molecule has 2 aromatic carbocycles. The van der Waals surface area contributed by atoms with E-state index in [1.165, 1.54) is 13.0 Å². The normalized spacial score (nSPS) is 11.0. The van der Waals surface area contributed by atoms with Crippen molar-refractivity contribution in [1.29, 1.82) is 0 Å². The summed E-state index contributed by atoms with van der Waals surface area (Å²) in [5.41, 5.74) is 1.35. The Morgan fingerprint density at radius 2 is 1.83 bits per heavy atom. The van der Waals surface area contributed by atoms with E-state index >= 15 is 0 Å². The molecule has 0 atom stereocenters. The molecule has 0 aromatic heterocycles. The van der Waals surface area contributed by atoms with E-state index in [9.17, 15) is 14.7 Å². The Bertz CT molecular complexity index is 769. The van der Waals surface area contributed by atoms with Gasteiger partial charge in [-0.1, -0.05) is 46.3 Å². The van der Waals surface area contributed by atoms with Gasteiger partial charge in [-0.3, -0.25) is 4.79 Å². The van der Waals surface area contributed by atoms with Crippen LogP contribution in [0, 0.1) is 0 Å². The maximum Gasteiger partial charge on any atom is 0.352 e. The fourth-order valence-corrected chi connectivity index (χ4v) is 2.23. The highest BCUT2D eigenvalue weighted by Crippen LogP contribution is 2.22. The van der Waals surface area contributed by atoms with E-state index in [0.717, 1.165) is 10.0 Å². The number of carboxylic acid groups (broad SMARTS) is 1. The first-order chi connectivity index (χ1) is 11.5. The van der Waals surface area contributed by atoms with Crippen molar-refractivity contribution in [3.05, 3.63) is 69.8 Å². The second-order valence-corrected chi connectivity index (χ2v) is 5.91. The van der Waals surface area contributed by atoms with Gasteiger partial charge in [-0.2, -0.15) is 0 Å². The van der Waals surface area contributed by atoms with Crippen LogP contribution in [0.1, 0.15) is 18.1 Å². The monoisotopic (exact) mass is 389 g/mol. The van der Waals surface area contributed by atoms with Gasteiger partial charge in [0.25, 0.3) is 0 Å². The molecule has 0 bridgehead atoms. The maximum atomic E-state index is 11.2. The molecule has 0 saturated carbocycles. The van der Waals surface area contributed by atoms with Crippen LogP contribution in [-0.2, 0) is 16.2 Å². The third-order valence-corrected chi connectivity index (χ3v) is 3.60. The molecule has 0 aliphatic rings. The van der Waals surface area contributed by atoms with Crippen molar-refractivity contribution in [2.24, 2.45) is 0 Å². The van der Waals surface area contributed by atoms with Crippen molar-refractivity contribution in [3.63, 3.8) is 0 Å². The van der Waals surface area contributed by atoms with Gasteiger partial charge in [0, 0.05) is 17.0 Å². The largest absolute Gasteiger partial charge is 0.488 e. The molecule has 0 aliphatic heterocycles. The zero-order valence-electron chi connectivity index (χ0n) is 13.0. The molecule has 0 radical (unpaired) electrons. The van der Waals surface area contributed by atoms with Crippen LogP contribution in [0.5, 0.6) is 5.75 Å². The number of aliphatic carboxylic acids is 1. The SMILES string of the molecule is CC(=O)NC(=Cc1ccccc1OCc1ccc(Br)cc1)C(=O)O. The first kappa shape index (κ1) is 17.7. The molecule has 0 aliphatic carbocycles. The molecule has 2 rings (SSSR count). The molecule has 6 heteroatoms. The quantitative estimate of drug-likeness (QED) is 0.740. The molecule has 2 N–H and O–H groups in total. The number of carbonyl (C=O) groups excluding carboxylic acids is 1. The van der Waals surface area contributed by atoms with Gasteiger partial charge in [-0.25, -0.2) is 4.79 Å². The third-order valence-electron chi connectivity index (χ3n) is 3.07. The number of carbonyl (C=O) groups is 2. The van der Waals surface area contributed by atoms with Crippen molar-refractivity contribution in [2.75, 3.05) is 0 Å². The Labute approximate surface area is 148 Å². The standard InChI is InChI=1S/C18H16BrNO4/c1-12(21)20-16(18(22)23)10-14-4-2-3-5-17(14)24-11-13-6-8-15(19)9-7-13/h2-10H,11H2,1H3,(H,20,21)(H,22,23). The predicted molar refractivity (Wildman–Crippen MR) is 94.3 cm³/mol. The van der Waals surface area contributed by atoms with Gasteiger partial charge in [0.1, 0.15) is 18.1 Å². The van der Waals surface area contributed by atoms with E-state index in [1.807, 2.05) is 24.3 Å². The number of rotatable bonds is 6. The minimum Gasteiger partial charge on any atom is -0.488 e. The second-order valence-electron chi connectivity index (χ2n) is 5.00. The number of hydrogen-bond donors (Lipinski definition) is 2. The second kappa shape index (κ2) is 8.31. The first-order valence-electron chi connectivity index (χ1n) is 7.14. The van der Waals surface area contributed by atoms with Gasteiger partial charge >= 0.3 is 5.97 Å². The highest BCUT2D eigenvalue weighted by Gasteiger charge is 2.11. The van der Waals surface area contributed by atoms with Gasteiger partial charge in [-0.15, -0.1) is 0 Å². The molecular formula is C18H16BrNO4. The summed E-state index contributed by atoms with van der Waals surface area (Å²) in [6.45, 7) is 1.60. The fourth-order valence-electron chi connectivity index (χ4n) is 1.97. The van der Waals surface area contributed by atoms with Crippen LogP contribution in [0.4, 0.5) is 0 Å². The van der Waals surface area contributed by atoms with Gasteiger partial charge in [-0.05, 0) is 29.8 Å². The Morgan fingerprint density at radius 1 is 1.17 bits per heavy atom. The van der Waals surface area contributed by atoms with Crippen LogP contribution in [0.15, 0.2) is 58.7 Å². The number of benzene rings is 2. The Kier molecular flexibility index (Phi) is 6.14. The lowest BCUT2D eigenvalue weighted by Crippen LogP contribution is -2.24. The van der Waals surface area contributed by atoms with Gasteiger partial charge in [0.2, 0.25) is 5.91 Å². The summed E-state index contributed by atoms with van der Waals surface area (Å²) in [4.78, 5) is 22.4. The summed E-state index contributed by atoms with van der Waals surface area (Å²) < 4.78 is 6.77. The van der Waals surface area contributed by atoms with Crippen LogP contribution in [-0.4, -0.2) is 17.0 Å². The number of amides is 1. The minimum atomic E-state index is -1.21. The molecule has 0 heterocycles. The molecule has 24 heavy (non-hydrogen) atoms. The third kappa shape index (κ3) is 5.24.